The van der Waals surface area contributed by atoms with Crippen molar-refractivity contribution >= 4 is 17.2 Å². The van der Waals surface area contributed by atoms with Crippen LogP contribution in [0, 0.1) is 0 Å². The maximum atomic E-state index is 12.5. The van der Waals surface area contributed by atoms with E-state index in [0.717, 1.165) is 6.42 Å². The minimum atomic E-state index is -0.456. The highest BCUT2D eigenvalue weighted by Crippen LogP contribution is 2.34. The number of nitrogens with one attached hydrogen (secondary N) is 1. The van der Waals surface area contributed by atoms with Gasteiger partial charge in [0.15, 0.2) is 0 Å². The summed E-state index contributed by atoms with van der Waals surface area (Å²) in [6.45, 7) is 5.20. The monoisotopic (exact) mass is 268 g/mol. The quantitative estimate of drug-likeness (QED) is 0.888. The Morgan fingerprint density at radius 2 is 2.39 bits per heavy atom. The van der Waals surface area contributed by atoms with E-state index in [2.05, 4.69) is 11.4 Å². The maximum Gasteiger partial charge on any atom is 0.244 e. The SMILES string of the molecule is CCC1(C)NC(c2cccs2)N(CCOC)C1=O. The molecule has 1 fully saturated rings. The third-order valence-corrected chi connectivity index (χ3v) is 4.48. The first kappa shape index (κ1) is 13.5. The van der Waals surface area contributed by atoms with Gasteiger partial charge in [-0.05, 0) is 24.8 Å². The van der Waals surface area contributed by atoms with E-state index in [1.165, 1.54) is 4.88 Å². The minimum Gasteiger partial charge on any atom is -0.383 e. The molecule has 100 valence electrons. The lowest BCUT2D eigenvalue weighted by Gasteiger charge is -2.22. The zero-order valence-corrected chi connectivity index (χ0v) is 11.9. The van der Waals surface area contributed by atoms with Crippen LogP contribution in [0.2, 0.25) is 0 Å². The number of carbonyl (C=O) groups excluding carboxylic acids is 1. The van der Waals surface area contributed by atoms with Crippen LogP contribution in [0.4, 0.5) is 0 Å². The summed E-state index contributed by atoms with van der Waals surface area (Å²) < 4.78 is 5.10. The van der Waals surface area contributed by atoms with E-state index in [9.17, 15) is 4.79 Å². The molecule has 2 unspecified atom stereocenters. The molecular formula is C13H20N2O2S. The molecule has 5 heteroatoms. The molecule has 1 saturated heterocycles. The summed E-state index contributed by atoms with van der Waals surface area (Å²) in [6.07, 6.45) is 0.773. The molecule has 0 aliphatic carbocycles. The third-order valence-electron chi connectivity index (χ3n) is 3.56. The van der Waals surface area contributed by atoms with Crippen molar-refractivity contribution in [1.29, 1.82) is 0 Å². The highest BCUT2D eigenvalue weighted by Gasteiger charge is 2.47. The van der Waals surface area contributed by atoms with Gasteiger partial charge in [-0.1, -0.05) is 13.0 Å². The van der Waals surface area contributed by atoms with Crippen LogP contribution >= 0.6 is 11.3 Å². The summed E-state index contributed by atoms with van der Waals surface area (Å²) in [4.78, 5) is 15.5. The zero-order valence-electron chi connectivity index (χ0n) is 11.1. The van der Waals surface area contributed by atoms with Gasteiger partial charge in [-0.15, -0.1) is 11.3 Å². The average molecular weight is 268 g/mol. The number of hydrogen-bond donors (Lipinski definition) is 1. The molecule has 1 N–H and O–H groups in total. The number of ether oxygens (including phenoxy) is 1. The molecule has 1 aromatic rings. The molecule has 1 amide bonds. The molecule has 0 radical (unpaired) electrons. The zero-order chi connectivity index (χ0) is 13.2. The topological polar surface area (TPSA) is 41.6 Å². The molecule has 2 rings (SSSR count). The summed E-state index contributed by atoms with van der Waals surface area (Å²) in [6, 6.07) is 4.08. The number of amides is 1. The standard InChI is InChI=1S/C13H20N2O2S/c1-4-13(2)12(16)15(7-8-17-3)11(14-13)10-6-5-9-18-10/h5-6,9,11,14H,4,7-8H2,1-3H3. The smallest absolute Gasteiger partial charge is 0.244 e. The fourth-order valence-electron chi connectivity index (χ4n) is 2.22. The van der Waals surface area contributed by atoms with E-state index < -0.39 is 5.54 Å². The summed E-state index contributed by atoms with van der Waals surface area (Å²) in [5.41, 5.74) is -0.456. The van der Waals surface area contributed by atoms with Crippen LogP contribution in [-0.2, 0) is 9.53 Å². The normalized spacial score (nSPS) is 28.1. The van der Waals surface area contributed by atoms with Crippen LogP contribution in [0.3, 0.4) is 0 Å². The van der Waals surface area contributed by atoms with Crippen molar-refractivity contribution in [3.63, 3.8) is 0 Å². The van der Waals surface area contributed by atoms with Gasteiger partial charge in [-0.3, -0.25) is 10.1 Å². The van der Waals surface area contributed by atoms with Crippen LogP contribution in [-0.4, -0.2) is 36.6 Å². The Morgan fingerprint density at radius 3 is 2.94 bits per heavy atom. The van der Waals surface area contributed by atoms with Crippen LogP contribution < -0.4 is 5.32 Å². The van der Waals surface area contributed by atoms with Crippen molar-refractivity contribution in [2.45, 2.75) is 32.0 Å². The minimum absolute atomic E-state index is 0.0161. The van der Waals surface area contributed by atoms with Gasteiger partial charge in [0, 0.05) is 18.5 Å². The molecule has 1 aliphatic heterocycles. The molecule has 1 aromatic heterocycles. The summed E-state index contributed by atoms with van der Waals surface area (Å²) in [5, 5.41) is 5.50. The van der Waals surface area contributed by atoms with Gasteiger partial charge in [0.1, 0.15) is 6.17 Å². The Labute approximate surface area is 112 Å². The van der Waals surface area contributed by atoms with Crippen molar-refractivity contribution in [3.8, 4) is 0 Å². The highest BCUT2D eigenvalue weighted by atomic mass is 32.1. The molecule has 0 saturated carbocycles. The molecule has 2 atom stereocenters. The molecule has 0 bridgehead atoms. The van der Waals surface area contributed by atoms with Gasteiger partial charge < -0.3 is 9.64 Å². The number of methoxy groups -OCH3 is 1. The fourth-order valence-corrected chi connectivity index (χ4v) is 3.01. The van der Waals surface area contributed by atoms with Crippen molar-refractivity contribution in [3.05, 3.63) is 22.4 Å². The maximum absolute atomic E-state index is 12.5. The first-order valence-corrected chi connectivity index (χ1v) is 7.11. The number of hydrogen-bond acceptors (Lipinski definition) is 4. The number of carbonyl (C=O) groups is 1. The van der Waals surface area contributed by atoms with Gasteiger partial charge in [-0.2, -0.15) is 0 Å². The van der Waals surface area contributed by atoms with Crippen molar-refractivity contribution in [2.75, 3.05) is 20.3 Å². The Hall–Kier alpha value is -0.910. The predicted molar refractivity (Wildman–Crippen MR) is 72.5 cm³/mol. The second-order valence-corrected chi connectivity index (χ2v) is 5.72. The Kier molecular flexibility index (Phi) is 4.04. The molecule has 0 spiro atoms. The largest absolute Gasteiger partial charge is 0.383 e. The fraction of sp³-hybridized carbons (Fsp3) is 0.615. The lowest BCUT2D eigenvalue weighted by atomic mass is 9.99. The van der Waals surface area contributed by atoms with Crippen molar-refractivity contribution in [1.82, 2.24) is 10.2 Å². The van der Waals surface area contributed by atoms with E-state index >= 15 is 0 Å². The summed E-state index contributed by atoms with van der Waals surface area (Å²) in [5.74, 6) is 0.167. The Balaban J connectivity index is 2.24. The van der Waals surface area contributed by atoms with Crippen molar-refractivity contribution in [2.24, 2.45) is 0 Å². The van der Waals surface area contributed by atoms with Gasteiger partial charge in [-0.25, -0.2) is 0 Å². The van der Waals surface area contributed by atoms with Gasteiger partial charge in [0.05, 0.1) is 12.1 Å². The van der Waals surface area contributed by atoms with Crippen molar-refractivity contribution < 1.29 is 9.53 Å². The van der Waals surface area contributed by atoms with E-state index in [0.29, 0.717) is 13.2 Å². The van der Waals surface area contributed by atoms with Gasteiger partial charge >= 0.3 is 0 Å². The Bertz CT molecular complexity index is 407. The Morgan fingerprint density at radius 1 is 1.61 bits per heavy atom. The van der Waals surface area contributed by atoms with E-state index in [4.69, 9.17) is 4.74 Å². The van der Waals surface area contributed by atoms with Gasteiger partial charge in [0.25, 0.3) is 0 Å². The summed E-state index contributed by atoms with van der Waals surface area (Å²) >= 11 is 1.67. The lowest BCUT2D eigenvalue weighted by Crippen LogP contribution is -2.43. The first-order chi connectivity index (χ1) is 8.62. The third kappa shape index (κ3) is 2.30. The molecule has 0 aromatic carbocycles. The van der Waals surface area contributed by atoms with Crippen LogP contribution in [0.25, 0.3) is 0 Å². The molecule has 18 heavy (non-hydrogen) atoms. The second kappa shape index (κ2) is 5.38. The van der Waals surface area contributed by atoms with E-state index in [-0.39, 0.29) is 12.1 Å². The first-order valence-electron chi connectivity index (χ1n) is 6.23. The average Bonchev–Trinajstić information content (AvgIpc) is 2.97. The molecule has 1 aliphatic rings. The summed E-state index contributed by atoms with van der Waals surface area (Å²) in [7, 11) is 1.66. The van der Waals surface area contributed by atoms with E-state index in [1.807, 2.05) is 30.2 Å². The molecular weight excluding hydrogens is 248 g/mol. The highest BCUT2D eigenvalue weighted by molar-refractivity contribution is 7.10. The van der Waals surface area contributed by atoms with E-state index in [1.54, 1.807) is 18.4 Å². The molecule has 2 heterocycles. The lowest BCUT2D eigenvalue weighted by molar-refractivity contribution is -0.133. The number of thiophene rings is 1. The van der Waals surface area contributed by atoms with Crippen LogP contribution in [0.15, 0.2) is 17.5 Å². The number of nitrogens with zero attached hydrogens (tertiary/aromatic N) is 1. The predicted octanol–water partition coefficient (Wildman–Crippen LogP) is 1.99. The second-order valence-electron chi connectivity index (χ2n) is 4.74. The van der Waals surface area contributed by atoms with Gasteiger partial charge in [0.2, 0.25) is 5.91 Å². The van der Waals surface area contributed by atoms with Crippen LogP contribution in [0.1, 0.15) is 31.3 Å². The number of rotatable bonds is 5. The van der Waals surface area contributed by atoms with Crippen LogP contribution in [0.5, 0.6) is 0 Å². The molecule has 4 nitrogen and oxygen atoms in total.